The van der Waals surface area contributed by atoms with Crippen LogP contribution in [0.25, 0.3) is 0 Å². The van der Waals surface area contributed by atoms with Crippen LogP contribution in [-0.4, -0.2) is 43.7 Å². The third-order valence-electron chi connectivity index (χ3n) is 3.00. The van der Waals surface area contributed by atoms with E-state index in [0.717, 1.165) is 19.8 Å². The highest BCUT2D eigenvalue weighted by Crippen LogP contribution is 2.22. The van der Waals surface area contributed by atoms with Crippen molar-refractivity contribution in [1.82, 2.24) is 10.2 Å². The second-order valence-electron chi connectivity index (χ2n) is 4.30. The number of hydrogen-bond acceptors (Lipinski definition) is 5. The summed E-state index contributed by atoms with van der Waals surface area (Å²) in [5, 5.41) is 13.6. The topological polar surface area (TPSA) is 67.6 Å². The fourth-order valence-electron chi connectivity index (χ4n) is 1.92. The minimum atomic E-state index is -0.448. The molecular weight excluding hydrogens is 290 g/mol. The molecular formula is C10H18BrN3O3. The van der Waals surface area contributed by atoms with Crippen LogP contribution in [0.4, 0.5) is 0 Å². The quantitative estimate of drug-likeness (QED) is 0.470. The molecule has 17 heavy (non-hydrogen) atoms. The molecule has 0 aromatic heterocycles. The molecule has 2 unspecified atom stereocenters. The van der Waals surface area contributed by atoms with Gasteiger partial charge < -0.3 is 15.0 Å². The Hall–Kier alpha value is -0.820. The van der Waals surface area contributed by atoms with Crippen molar-refractivity contribution in [2.75, 3.05) is 33.9 Å². The standard InChI is InChI=1S/C10H18BrN3O3/c1-7-5-17-6-8(7)4-13(3)10(12-2)9(11)14(15)16/h7-8,12H,4-6H2,1-3H3. The predicted molar refractivity (Wildman–Crippen MR) is 68.1 cm³/mol. The van der Waals surface area contributed by atoms with E-state index in [1.165, 1.54) is 0 Å². The summed E-state index contributed by atoms with van der Waals surface area (Å²) < 4.78 is 5.34. The monoisotopic (exact) mass is 307 g/mol. The minimum absolute atomic E-state index is 0.0472. The van der Waals surface area contributed by atoms with Gasteiger partial charge in [0.15, 0.2) is 5.82 Å². The molecule has 0 aromatic rings. The minimum Gasteiger partial charge on any atom is -0.381 e. The van der Waals surface area contributed by atoms with E-state index in [1.807, 2.05) is 11.9 Å². The van der Waals surface area contributed by atoms with Crippen molar-refractivity contribution in [2.24, 2.45) is 11.8 Å². The van der Waals surface area contributed by atoms with Gasteiger partial charge in [-0.1, -0.05) is 6.92 Å². The second-order valence-corrected chi connectivity index (χ2v) is 5.05. The Labute approximate surface area is 109 Å². The lowest BCUT2D eigenvalue weighted by Gasteiger charge is -2.25. The number of nitrogens with zero attached hydrogens (tertiary/aromatic N) is 2. The zero-order valence-electron chi connectivity index (χ0n) is 10.3. The molecule has 0 amide bonds. The van der Waals surface area contributed by atoms with Crippen molar-refractivity contribution in [3.63, 3.8) is 0 Å². The molecule has 0 radical (unpaired) electrons. The zero-order chi connectivity index (χ0) is 13.0. The molecule has 1 aliphatic rings. The van der Waals surface area contributed by atoms with E-state index in [9.17, 15) is 10.1 Å². The van der Waals surface area contributed by atoms with E-state index in [2.05, 4.69) is 28.2 Å². The average molecular weight is 308 g/mol. The first-order valence-electron chi connectivity index (χ1n) is 5.48. The normalized spacial score (nSPS) is 25.4. The number of nitro groups is 1. The van der Waals surface area contributed by atoms with Gasteiger partial charge in [0.2, 0.25) is 0 Å². The molecule has 1 saturated heterocycles. The summed E-state index contributed by atoms with van der Waals surface area (Å²) in [7, 11) is 3.51. The third kappa shape index (κ3) is 3.57. The van der Waals surface area contributed by atoms with E-state index >= 15 is 0 Å². The van der Waals surface area contributed by atoms with Gasteiger partial charge in [0.05, 0.1) is 11.5 Å². The van der Waals surface area contributed by atoms with Gasteiger partial charge in [0, 0.05) is 49.1 Å². The van der Waals surface area contributed by atoms with Crippen LogP contribution in [0.1, 0.15) is 6.92 Å². The molecule has 1 fully saturated rings. The summed E-state index contributed by atoms with van der Waals surface area (Å²) in [6, 6.07) is 0. The molecule has 0 saturated carbocycles. The summed E-state index contributed by atoms with van der Waals surface area (Å²) in [4.78, 5) is 12.1. The van der Waals surface area contributed by atoms with Crippen LogP contribution in [-0.2, 0) is 4.74 Å². The molecule has 1 N–H and O–H groups in total. The fraction of sp³-hybridized carbons (Fsp3) is 0.800. The van der Waals surface area contributed by atoms with E-state index < -0.39 is 4.92 Å². The smallest absolute Gasteiger partial charge is 0.350 e. The maximum absolute atomic E-state index is 10.7. The molecule has 1 aliphatic heterocycles. The van der Waals surface area contributed by atoms with Crippen LogP contribution in [0.5, 0.6) is 0 Å². The molecule has 0 aliphatic carbocycles. The summed E-state index contributed by atoms with van der Waals surface area (Å²) in [5.74, 6) is 1.38. The molecule has 98 valence electrons. The van der Waals surface area contributed by atoms with Gasteiger partial charge in [-0.3, -0.25) is 10.1 Å². The number of ether oxygens (including phenoxy) is 1. The van der Waals surface area contributed by atoms with Crippen molar-refractivity contribution in [3.05, 3.63) is 20.5 Å². The van der Waals surface area contributed by atoms with Gasteiger partial charge in [-0.25, -0.2) is 0 Å². The molecule has 7 heteroatoms. The third-order valence-corrected chi connectivity index (χ3v) is 3.67. The van der Waals surface area contributed by atoms with Gasteiger partial charge in [0.1, 0.15) is 0 Å². The number of hydrogen-bond donors (Lipinski definition) is 1. The van der Waals surface area contributed by atoms with Crippen LogP contribution in [0.2, 0.25) is 0 Å². The van der Waals surface area contributed by atoms with E-state index in [-0.39, 0.29) is 4.61 Å². The molecule has 1 heterocycles. The van der Waals surface area contributed by atoms with Crippen molar-refractivity contribution < 1.29 is 9.66 Å². The van der Waals surface area contributed by atoms with E-state index in [4.69, 9.17) is 4.74 Å². The highest BCUT2D eigenvalue weighted by atomic mass is 79.9. The SMILES string of the molecule is CNC(=C(Br)[N+](=O)[O-])N(C)CC1COCC1C. The first-order chi connectivity index (χ1) is 7.97. The number of nitrogens with one attached hydrogen (secondary N) is 1. The Morgan fingerprint density at radius 1 is 1.65 bits per heavy atom. The summed E-state index contributed by atoms with van der Waals surface area (Å²) >= 11 is 2.98. The van der Waals surface area contributed by atoms with Crippen molar-refractivity contribution in [1.29, 1.82) is 0 Å². The molecule has 2 atom stereocenters. The second kappa shape index (κ2) is 6.20. The Kier molecular flexibility index (Phi) is 5.20. The highest BCUT2D eigenvalue weighted by Gasteiger charge is 2.27. The lowest BCUT2D eigenvalue weighted by atomic mass is 9.98. The van der Waals surface area contributed by atoms with Crippen molar-refractivity contribution in [3.8, 4) is 0 Å². The summed E-state index contributed by atoms with van der Waals surface area (Å²) in [6.07, 6.45) is 0. The predicted octanol–water partition coefficient (Wildman–Crippen LogP) is 1.22. The van der Waals surface area contributed by atoms with Crippen LogP contribution in [0.3, 0.4) is 0 Å². The van der Waals surface area contributed by atoms with Crippen molar-refractivity contribution in [2.45, 2.75) is 6.92 Å². The van der Waals surface area contributed by atoms with Crippen LogP contribution in [0.15, 0.2) is 10.4 Å². The largest absolute Gasteiger partial charge is 0.381 e. The maximum Gasteiger partial charge on any atom is 0.350 e. The zero-order valence-corrected chi connectivity index (χ0v) is 11.9. The highest BCUT2D eigenvalue weighted by molar-refractivity contribution is 9.11. The Morgan fingerprint density at radius 2 is 2.29 bits per heavy atom. The van der Waals surface area contributed by atoms with Gasteiger partial charge in [0.25, 0.3) is 0 Å². The van der Waals surface area contributed by atoms with Gasteiger partial charge >= 0.3 is 4.61 Å². The molecule has 0 bridgehead atoms. The van der Waals surface area contributed by atoms with E-state index in [1.54, 1.807) is 7.05 Å². The van der Waals surface area contributed by atoms with E-state index in [0.29, 0.717) is 17.7 Å². The first kappa shape index (κ1) is 14.2. The Bertz CT molecular complexity index is 322. The number of halogens is 1. The van der Waals surface area contributed by atoms with Crippen LogP contribution < -0.4 is 5.32 Å². The summed E-state index contributed by atoms with van der Waals surface area (Å²) in [6.45, 7) is 4.36. The lowest BCUT2D eigenvalue weighted by molar-refractivity contribution is -0.411. The lowest BCUT2D eigenvalue weighted by Crippen LogP contribution is -2.34. The van der Waals surface area contributed by atoms with Gasteiger partial charge in [-0.05, 0) is 5.92 Å². The molecule has 6 nitrogen and oxygen atoms in total. The summed E-state index contributed by atoms with van der Waals surface area (Å²) in [5.41, 5.74) is 0. The van der Waals surface area contributed by atoms with Gasteiger partial charge in [-0.2, -0.15) is 0 Å². The average Bonchev–Trinajstić information content (AvgIpc) is 2.65. The Morgan fingerprint density at radius 3 is 2.71 bits per heavy atom. The van der Waals surface area contributed by atoms with Crippen LogP contribution in [0, 0.1) is 22.0 Å². The first-order valence-corrected chi connectivity index (χ1v) is 6.27. The van der Waals surface area contributed by atoms with Gasteiger partial charge in [-0.15, -0.1) is 0 Å². The fourth-order valence-corrected chi connectivity index (χ4v) is 2.42. The maximum atomic E-state index is 10.7. The number of rotatable bonds is 5. The molecule has 1 rings (SSSR count). The van der Waals surface area contributed by atoms with Crippen molar-refractivity contribution >= 4 is 15.9 Å². The Balaban J connectivity index is 2.70. The molecule has 0 aromatic carbocycles. The molecule has 0 spiro atoms. The van der Waals surface area contributed by atoms with Crippen LogP contribution >= 0.6 is 15.9 Å².